The Bertz CT molecular complexity index is 332. The van der Waals surface area contributed by atoms with Crippen molar-refractivity contribution in [3.63, 3.8) is 0 Å². The molecule has 2 rings (SSSR count). The minimum atomic E-state index is -0.261. The van der Waals surface area contributed by atoms with Crippen molar-refractivity contribution in [1.82, 2.24) is 15.1 Å². The van der Waals surface area contributed by atoms with Crippen molar-refractivity contribution in [2.75, 3.05) is 39.8 Å². The van der Waals surface area contributed by atoms with E-state index in [0.29, 0.717) is 6.04 Å². The molecule has 1 N–H and O–H groups in total. The standard InChI is InChI=1S/C16H30N4/c1-3-8-18-16(14-17)7-6-15(13-16)19(2)11-12-20-9-4-5-10-20/h15,18H,3-13H2,1-2H3. The van der Waals surface area contributed by atoms with Crippen LogP contribution in [-0.2, 0) is 0 Å². The third-order valence-electron chi connectivity index (χ3n) is 5.01. The number of hydrogen-bond acceptors (Lipinski definition) is 4. The highest BCUT2D eigenvalue weighted by molar-refractivity contribution is 5.13. The lowest BCUT2D eigenvalue weighted by molar-refractivity contribution is 0.201. The van der Waals surface area contributed by atoms with Crippen LogP contribution in [0.5, 0.6) is 0 Å². The lowest BCUT2D eigenvalue weighted by atomic mass is 9.99. The average Bonchev–Trinajstić information content (AvgIpc) is 3.13. The first-order chi connectivity index (χ1) is 9.69. The van der Waals surface area contributed by atoms with Crippen LogP contribution in [0.1, 0.15) is 45.4 Å². The molecule has 2 atom stereocenters. The Balaban J connectivity index is 1.76. The van der Waals surface area contributed by atoms with E-state index in [2.05, 4.69) is 35.2 Å². The number of likely N-dealkylation sites (tertiary alicyclic amines) is 1. The number of likely N-dealkylation sites (N-methyl/N-ethyl adjacent to an activating group) is 1. The molecular weight excluding hydrogens is 248 g/mol. The Kier molecular flexibility index (Phi) is 5.83. The molecule has 0 bridgehead atoms. The van der Waals surface area contributed by atoms with Crippen LogP contribution in [0.25, 0.3) is 0 Å². The monoisotopic (exact) mass is 278 g/mol. The maximum Gasteiger partial charge on any atom is 0.108 e. The van der Waals surface area contributed by atoms with Gasteiger partial charge in [0.05, 0.1) is 6.07 Å². The first kappa shape index (κ1) is 15.8. The van der Waals surface area contributed by atoms with Gasteiger partial charge in [-0.2, -0.15) is 5.26 Å². The van der Waals surface area contributed by atoms with Crippen LogP contribution < -0.4 is 5.32 Å². The summed E-state index contributed by atoms with van der Waals surface area (Å²) in [5, 5.41) is 13.0. The summed E-state index contributed by atoms with van der Waals surface area (Å²) in [5.41, 5.74) is -0.261. The van der Waals surface area contributed by atoms with Gasteiger partial charge in [0.2, 0.25) is 0 Å². The zero-order valence-corrected chi connectivity index (χ0v) is 13.2. The second-order valence-electron chi connectivity index (χ2n) is 6.55. The second-order valence-corrected chi connectivity index (χ2v) is 6.55. The molecule has 0 radical (unpaired) electrons. The average molecular weight is 278 g/mol. The predicted octanol–water partition coefficient (Wildman–Crippen LogP) is 1.83. The van der Waals surface area contributed by atoms with Crippen molar-refractivity contribution in [1.29, 1.82) is 5.26 Å². The molecule has 0 aromatic carbocycles. The summed E-state index contributed by atoms with van der Waals surface area (Å²) in [6.07, 6.45) is 6.97. The number of rotatable bonds is 7. The van der Waals surface area contributed by atoms with Gasteiger partial charge >= 0.3 is 0 Å². The molecule has 0 spiro atoms. The molecule has 1 saturated carbocycles. The van der Waals surface area contributed by atoms with E-state index in [0.717, 1.165) is 38.8 Å². The van der Waals surface area contributed by atoms with Gasteiger partial charge in [0, 0.05) is 19.1 Å². The quantitative estimate of drug-likeness (QED) is 0.771. The highest BCUT2D eigenvalue weighted by Gasteiger charge is 2.40. The van der Waals surface area contributed by atoms with E-state index in [4.69, 9.17) is 0 Å². The summed E-state index contributed by atoms with van der Waals surface area (Å²) >= 11 is 0. The van der Waals surface area contributed by atoms with Gasteiger partial charge in [-0.25, -0.2) is 0 Å². The molecule has 2 aliphatic rings. The van der Waals surface area contributed by atoms with Crippen LogP contribution in [0.4, 0.5) is 0 Å². The number of nitrogens with zero attached hydrogens (tertiary/aromatic N) is 3. The highest BCUT2D eigenvalue weighted by Crippen LogP contribution is 2.32. The molecule has 2 fully saturated rings. The Labute approximate surface area is 124 Å². The molecule has 0 aromatic rings. The van der Waals surface area contributed by atoms with E-state index in [9.17, 15) is 5.26 Å². The van der Waals surface area contributed by atoms with Gasteiger partial charge in [0.25, 0.3) is 0 Å². The van der Waals surface area contributed by atoms with Crippen molar-refractivity contribution in [3.8, 4) is 6.07 Å². The van der Waals surface area contributed by atoms with Crippen LogP contribution >= 0.6 is 0 Å². The highest BCUT2D eigenvalue weighted by atomic mass is 15.2. The lowest BCUT2D eigenvalue weighted by Crippen LogP contribution is -2.44. The van der Waals surface area contributed by atoms with Gasteiger partial charge in [-0.1, -0.05) is 6.92 Å². The maximum atomic E-state index is 9.51. The topological polar surface area (TPSA) is 42.3 Å². The van der Waals surface area contributed by atoms with E-state index in [-0.39, 0.29) is 5.54 Å². The largest absolute Gasteiger partial charge is 0.302 e. The van der Waals surface area contributed by atoms with Gasteiger partial charge in [-0.15, -0.1) is 0 Å². The van der Waals surface area contributed by atoms with E-state index in [1.54, 1.807) is 0 Å². The predicted molar refractivity (Wildman–Crippen MR) is 82.6 cm³/mol. The molecule has 1 saturated heterocycles. The van der Waals surface area contributed by atoms with Crippen molar-refractivity contribution in [2.45, 2.75) is 57.0 Å². The fourth-order valence-electron chi connectivity index (χ4n) is 3.55. The number of nitrogens with one attached hydrogen (secondary N) is 1. The second kappa shape index (κ2) is 7.40. The Morgan fingerprint density at radius 3 is 2.80 bits per heavy atom. The molecule has 4 heteroatoms. The molecule has 20 heavy (non-hydrogen) atoms. The molecule has 1 aliphatic heterocycles. The minimum Gasteiger partial charge on any atom is -0.302 e. The third kappa shape index (κ3) is 3.94. The van der Waals surface area contributed by atoms with Crippen LogP contribution in [0.3, 0.4) is 0 Å². The van der Waals surface area contributed by atoms with Gasteiger partial charge in [-0.05, 0) is 65.2 Å². The smallest absolute Gasteiger partial charge is 0.108 e. The zero-order valence-electron chi connectivity index (χ0n) is 13.2. The molecule has 114 valence electrons. The third-order valence-corrected chi connectivity index (χ3v) is 5.01. The number of nitriles is 1. The summed E-state index contributed by atoms with van der Waals surface area (Å²) in [7, 11) is 2.23. The molecular formula is C16H30N4. The molecule has 0 aromatic heterocycles. The summed E-state index contributed by atoms with van der Waals surface area (Å²) < 4.78 is 0. The zero-order chi connectivity index (χ0) is 14.4. The first-order valence-electron chi connectivity index (χ1n) is 8.28. The normalized spacial score (nSPS) is 31.0. The lowest BCUT2D eigenvalue weighted by Gasteiger charge is -2.28. The Hall–Kier alpha value is -0.630. The molecule has 1 heterocycles. The van der Waals surface area contributed by atoms with Crippen LogP contribution in [0.15, 0.2) is 0 Å². The van der Waals surface area contributed by atoms with Crippen molar-refractivity contribution < 1.29 is 0 Å². The van der Waals surface area contributed by atoms with E-state index < -0.39 is 0 Å². The summed E-state index contributed by atoms with van der Waals surface area (Å²) in [5.74, 6) is 0. The molecule has 2 unspecified atom stereocenters. The minimum absolute atomic E-state index is 0.261. The number of hydrogen-bond donors (Lipinski definition) is 1. The van der Waals surface area contributed by atoms with Crippen LogP contribution in [0.2, 0.25) is 0 Å². The van der Waals surface area contributed by atoms with E-state index in [1.807, 2.05) is 0 Å². The molecule has 4 nitrogen and oxygen atoms in total. The summed E-state index contributed by atoms with van der Waals surface area (Å²) in [4.78, 5) is 5.05. The van der Waals surface area contributed by atoms with Crippen LogP contribution in [-0.4, -0.2) is 61.2 Å². The maximum absolute atomic E-state index is 9.51. The Morgan fingerprint density at radius 2 is 2.15 bits per heavy atom. The van der Waals surface area contributed by atoms with E-state index >= 15 is 0 Å². The van der Waals surface area contributed by atoms with Crippen molar-refractivity contribution in [3.05, 3.63) is 0 Å². The van der Waals surface area contributed by atoms with E-state index in [1.165, 1.54) is 32.5 Å². The van der Waals surface area contributed by atoms with Gasteiger partial charge in [0.1, 0.15) is 5.54 Å². The fourth-order valence-corrected chi connectivity index (χ4v) is 3.55. The fraction of sp³-hybridized carbons (Fsp3) is 0.938. The first-order valence-corrected chi connectivity index (χ1v) is 8.28. The summed E-state index contributed by atoms with van der Waals surface area (Å²) in [6, 6.07) is 3.12. The SMILES string of the molecule is CCCNC1(C#N)CCC(N(C)CCN2CCCC2)C1. The van der Waals surface area contributed by atoms with Crippen molar-refractivity contribution in [2.24, 2.45) is 0 Å². The molecule has 0 amide bonds. The molecule has 1 aliphatic carbocycles. The van der Waals surface area contributed by atoms with Crippen LogP contribution in [0, 0.1) is 11.3 Å². The van der Waals surface area contributed by atoms with Gasteiger partial charge in [-0.3, -0.25) is 5.32 Å². The van der Waals surface area contributed by atoms with Gasteiger partial charge in [0.15, 0.2) is 0 Å². The summed E-state index contributed by atoms with van der Waals surface area (Å²) in [6.45, 7) is 8.00. The van der Waals surface area contributed by atoms with Gasteiger partial charge < -0.3 is 9.80 Å². The Morgan fingerprint density at radius 1 is 1.40 bits per heavy atom. The van der Waals surface area contributed by atoms with Crippen molar-refractivity contribution >= 4 is 0 Å².